The van der Waals surface area contributed by atoms with Crippen molar-refractivity contribution >= 4 is 5.91 Å². The van der Waals surface area contributed by atoms with Crippen LogP contribution in [0.5, 0.6) is 11.8 Å². The third kappa shape index (κ3) is 2.55. The average molecular weight is 300 g/mol. The predicted molar refractivity (Wildman–Crippen MR) is 76.6 cm³/mol. The van der Waals surface area contributed by atoms with Gasteiger partial charge in [0.15, 0.2) is 0 Å². The molecular formula is C15H16N4O3. The molecule has 7 nitrogen and oxygen atoms in total. The van der Waals surface area contributed by atoms with Crippen LogP contribution in [0.2, 0.25) is 0 Å². The highest BCUT2D eigenvalue weighted by Gasteiger charge is 2.39. The van der Waals surface area contributed by atoms with Crippen LogP contribution < -0.4 is 15.4 Å². The number of hydrogen-bond donors (Lipinski definition) is 2. The van der Waals surface area contributed by atoms with E-state index in [2.05, 4.69) is 20.8 Å². The van der Waals surface area contributed by atoms with E-state index in [1.807, 2.05) is 0 Å². The van der Waals surface area contributed by atoms with E-state index < -0.39 is 0 Å². The zero-order valence-electron chi connectivity index (χ0n) is 11.9. The third-order valence-corrected chi connectivity index (χ3v) is 4.31. The number of carbonyl (C=O) groups excluding carboxylic acids is 1. The number of nitrogens with one attached hydrogen (secondary N) is 2. The molecule has 2 aromatic rings. The topological polar surface area (TPSA) is 89.3 Å². The molecule has 2 N–H and O–H groups in total. The average Bonchev–Trinajstić information content (AvgIpc) is 3.25. The molecule has 2 aliphatic rings. The molecule has 22 heavy (non-hydrogen) atoms. The highest BCUT2D eigenvalue weighted by atomic mass is 16.6. The SMILES string of the molecule is O=C(NC1CC2CNC1C2)c1ccc(Oc2nnco2)cc1. The van der Waals surface area contributed by atoms with Crippen LogP contribution in [0.15, 0.2) is 35.1 Å². The third-order valence-electron chi connectivity index (χ3n) is 4.31. The number of hydrogen-bond acceptors (Lipinski definition) is 6. The van der Waals surface area contributed by atoms with E-state index in [9.17, 15) is 4.79 Å². The number of nitrogens with zero attached hydrogens (tertiary/aromatic N) is 2. The normalized spacial score (nSPS) is 26.1. The van der Waals surface area contributed by atoms with Crippen LogP contribution in [0.25, 0.3) is 0 Å². The van der Waals surface area contributed by atoms with E-state index in [1.165, 1.54) is 12.8 Å². The van der Waals surface area contributed by atoms with Crippen LogP contribution in [0, 0.1) is 5.92 Å². The Hall–Kier alpha value is -2.41. The van der Waals surface area contributed by atoms with Crippen LogP contribution in [0.4, 0.5) is 0 Å². The molecule has 0 radical (unpaired) electrons. The number of ether oxygens (including phenoxy) is 1. The minimum atomic E-state index is -0.0521. The summed E-state index contributed by atoms with van der Waals surface area (Å²) in [5.41, 5.74) is 0.612. The molecule has 3 unspecified atom stereocenters. The zero-order valence-corrected chi connectivity index (χ0v) is 11.9. The molecule has 4 rings (SSSR count). The van der Waals surface area contributed by atoms with Crippen molar-refractivity contribution in [3.05, 3.63) is 36.2 Å². The number of fused-ring (bicyclic) bond motifs is 2. The smallest absolute Gasteiger partial charge is 0.410 e. The number of piperidine rings is 1. The largest absolute Gasteiger partial charge is 0.420 e. The molecule has 1 aliphatic heterocycles. The van der Waals surface area contributed by atoms with Crippen LogP contribution in [0.3, 0.4) is 0 Å². The summed E-state index contributed by atoms with van der Waals surface area (Å²) in [5, 5.41) is 13.7. The van der Waals surface area contributed by atoms with Crippen molar-refractivity contribution < 1.29 is 13.9 Å². The molecule has 3 atom stereocenters. The molecule has 1 saturated carbocycles. The molecule has 1 aromatic carbocycles. The summed E-state index contributed by atoms with van der Waals surface area (Å²) >= 11 is 0. The van der Waals surface area contributed by atoms with Gasteiger partial charge in [-0.15, -0.1) is 5.10 Å². The van der Waals surface area contributed by atoms with Gasteiger partial charge in [0.25, 0.3) is 5.91 Å². The van der Waals surface area contributed by atoms with Gasteiger partial charge in [0, 0.05) is 17.6 Å². The number of carbonyl (C=O) groups is 1. The van der Waals surface area contributed by atoms with Crippen LogP contribution in [-0.2, 0) is 0 Å². The lowest BCUT2D eigenvalue weighted by atomic mass is 10.1. The summed E-state index contributed by atoms with van der Waals surface area (Å²) in [6.45, 7) is 1.08. The fourth-order valence-corrected chi connectivity index (χ4v) is 3.25. The number of rotatable bonds is 4. The first kappa shape index (κ1) is 13.3. The Bertz CT molecular complexity index is 656. The van der Waals surface area contributed by atoms with Gasteiger partial charge in [-0.3, -0.25) is 4.79 Å². The molecule has 2 heterocycles. The van der Waals surface area contributed by atoms with Crippen molar-refractivity contribution in [2.24, 2.45) is 5.92 Å². The summed E-state index contributed by atoms with van der Waals surface area (Å²) < 4.78 is 10.2. The molecule has 7 heteroatoms. The monoisotopic (exact) mass is 300 g/mol. The van der Waals surface area contributed by atoms with Gasteiger partial charge < -0.3 is 19.8 Å². The molecule has 114 valence electrons. The maximum atomic E-state index is 12.3. The minimum absolute atomic E-state index is 0.0521. The first-order valence-electron chi connectivity index (χ1n) is 7.36. The van der Waals surface area contributed by atoms with Gasteiger partial charge in [-0.05, 0) is 49.6 Å². The second-order valence-corrected chi connectivity index (χ2v) is 5.76. The molecule has 0 spiro atoms. The first-order chi connectivity index (χ1) is 10.8. The Morgan fingerprint density at radius 2 is 2.18 bits per heavy atom. The van der Waals surface area contributed by atoms with Crippen molar-refractivity contribution in [1.82, 2.24) is 20.8 Å². The first-order valence-corrected chi connectivity index (χ1v) is 7.36. The van der Waals surface area contributed by atoms with Crippen molar-refractivity contribution in [2.45, 2.75) is 24.9 Å². The Morgan fingerprint density at radius 3 is 2.82 bits per heavy atom. The number of benzene rings is 1. The van der Waals surface area contributed by atoms with Gasteiger partial charge in [-0.1, -0.05) is 5.10 Å². The molecule has 1 aliphatic carbocycles. The Balaban J connectivity index is 1.38. The van der Waals surface area contributed by atoms with E-state index in [0.717, 1.165) is 13.0 Å². The van der Waals surface area contributed by atoms with Crippen LogP contribution in [0.1, 0.15) is 23.2 Å². The summed E-state index contributed by atoms with van der Waals surface area (Å²) in [5.74, 6) is 1.20. The van der Waals surface area contributed by atoms with E-state index in [0.29, 0.717) is 23.3 Å². The van der Waals surface area contributed by atoms with Gasteiger partial charge in [0.1, 0.15) is 5.75 Å². The zero-order chi connectivity index (χ0) is 14.9. The molecule has 1 amide bonds. The molecule has 2 fully saturated rings. The van der Waals surface area contributed by atoms with Crippen molar-refractivity contribution in [2.75, 3.05) is 6.54 Å². The molecule has 1 saturated heterocycles. The fourth-order valence-electron chi connectivity index (χ4n) is 3.25. The maximum absolute atomic E-state index is 12.3. The van der Waals surface area contributed by atoms with E-state index in [4.69, 9.17) is 9.15 Å². The fraction of sp³-hybridized carbons (Fsp3) is 0.400. The lowest BCUT2D eigenvalue weighted by molar-refractivity contribution is 0.0928. The standard InChI is InChI=1S/C15H16N4O3/c20-14(18-13-6-9-5-12(13)16-7-9)10-1-3-11(4-2-10)22-15-19-17-8-21-15/h1-4,8-9,12-13,16H,5-7H2,(H,18,20). The van der Waals surface area contributed by atoms with Gasteiger partial charge in [-0.25, -0.2) is 0 Å². The maximum Gasteiger partial charge on any atom is 0.420 e. The minimum Gasteiger partial charge on any atom is -0.410 e. The molecule has 2 bridgehead atoms. The summed E-state index contributed by atoms with van der Waals surface area (Å²) in [7, 11) is 0. The second-order valence-electron chi connectivity index (χ2n) is 5.76. The molecular weight excluding hydrogens is 284 g/mol. The van der Waals surface area contributed by atoms with Gasteiger partial charge in [0.2, 0.25) is 6.39 Å². The Morgan fingerprint density at radius 1 is 1.32 bits per heavy atom. The molecule has 1 aromatic heterocycles. The van der Waals surface area contributed by atoms with Gasteiger partial charge in [-0.2, -0.15) is 0 Å². The lowest BCUT2D eigenvalue weighted by Gasteiger charge is -2.24. The summed E-state index contributed by atoms with van der Waals surface area (Å²) in [6, 6.07) is 7.52. The van der Waals surface area contributed by atoms with Crippen molar-refractivity contribution in [3.8, 4) is 11.8 Å². The number of aromatic nitrogens is 2. The van der Waals surface area contributed by atoms with Gasteiger partial charge in [0.05, 0.1) is 0 Å². The lowest BCUT2D eigenvalue weighted by Crippen LogP contribution is -2.47. The highest BCUT2D eigenvalue weighted by Crippen LogP contribution is 2.31. The predicted octanol–water partition coefficient (Wildman–Crippen LogP) is 1.34. The van der Waals surface area contributed by atoms with Crippen molar-refractivity contribution in [1.29, 1.82) is 0 Å². The quantitative estimate of drug-likeness (QED) is 0.886. The summed E-state index contributed by atoms with van der Waals surface area (Å²) in [4.78, 5) is 12.3. The van der Waals surface area contributed by atoms with E-state index >= 15 is 0 Å². The highest BCUT2D eigenvalue weighted by molar-refractivity contribution is 5.94. The van der Waals surface area contributed by atoms with E-state index in [1.54, 1.807) is 24.3 Å². The van der Waals surface area contributed by atoms with Gasteiger partial charge >= 0.3 is 6.08 Å². The summed E-state index contributed by atoms with van der Waals surface area (Å²) in [6.07, 6.45) is 3.51. The Labute approximate surface area is 127 Å². The van der Waals surface area contributed by atoms with Crippen LogP contribution >= 0.6 is 0 Å². The second kappa shape index (κ2) is 5.42. The van der Waals surface area contributed by atoms with Crippen molar-refractivity contribution in [3.63, 3.8) is 0 Å². The van der Waals surface area contributed by atoms with E-state index in [-0.39, 0.29) is 18.0 Å². The Kier molecular flexibility index (Phi) is 3.27. The van der Waals surface area contributed by atoms with Crippen LogP contribution in [-0.4, -0.2) is 34.7 Å². The number of amides is 1.